The predicted octanol–water partition coefficient (Wildman–Crippen LogP) is 2.78. The topological polar surface area (TPSA) is 81.4 Å². The number of ether oxygens (including phenoxy) is 1. The number of carbonyl (C=O) groups excluding carboxylic acids is 2. The molecule has 2 aromatic heterocycles. The number of aryl methyl sites for hydroxylation is 2. The first-order valence-electron chi connectivity index (χ1n) is 6.03. The van der Waals surface area contributed by atoms with E-state index in [-0.39, 0.29) is 11.7 Å². The molecular formula is C13H14N2O4S. The molecule has 6 nitrogen and oxygen atoms in total. The second kappa shape index (κ2) is 5.87. The van der Waals surface area contributed by atoms with Gasteiger partial charge in [-0.25, -0.2) is 4.79 Å². The third-order valence-electron chi connectivity index (χ3n) is 2.57. The molecule has 7 heteroatoms. The van der Waals surface area contributed by atoms with E-state index in [1.54, 1.807) is 26.8 Å². The highest BCUT2D eigenvalue weighted by molar-refractivity contribution is 7.18. The van der Waals surface area contributed by atoms with Crippen molar-refractivity contribution in [3.63, 3.8) is 0 Å². The Bertz CT molecular complexity index is 645. The number of nitrogens with one attached hydrogen (secondary N) is 1. The quantitative estimate of drug-likeness (QED) is 0.877. The molecule has 0 atom stereocenters. The van der Waals surface area contributed by atoms with Gasteiger partial charge in [-0.15, -0.1) is 11.3 Å². The molecule has 2 heterocycles. The van der Waals surface area contributed by atoms with Crippen molar-refractivity contribution in [2.45, 2.75) is 20.8 Å². The predicted molar refractivity (Wildman–Crippen MR) is 74.2 cm³/mol. The number of carbonyl (C=O) groups is 2. The van der Waals surface area contributed by atoms with E-state index in [2.05, 4.69) is 10.5 Å². The first kappa shape index (κ1) is 14.3. The van der Waals surface area contributed by atoms with Crippen LogP contribution in [0.1, 0.15) is 38.3 Å². The summed E-state index contributed by atoms with van der Waals surface area (Å²) in [4.78, 5) is 24.1. The van der Waals surface area contributed by atoms with Crippen LogP contribution < -0.4 is 5.32 Å². The van der Waals surface area contributed by atoms with E-state index >= 15 is 0 Å². The van der Waals surface area contributed by atoms with Crippen LogP contribution in [0.15, 0.2) is 16.8 Å². The van der Waals surface area contributed by atoms with Crippen LogP contribution in [0.3, 0.4) is 0 Å². The van der Waals surface area contributed by atoms with Crippen LogP contribution in [-0.4, -0.2) is 23.6 Å². The summed E-state index contributed by atoms with van der Waals surface area (Å²) in [5.41, 5.74) is 1.42. The van der Waals surface area contributed by atoms with Crippen LogP contribution in [0, 0.1) is 13.8 Å². The number of nitrogens with zero attached hydrogens (tertiary/aromatic N) is 1. The van der Waals surface area contributed by atoms with E-state index in [9.17, 15) is 9.59 Å². The molecule has 2 rings (SSSR count). The lowest BCUT2D eigenvalue weighted by Crippen LogP contribution is -2.11. The molecule has 0 radical (unpaired) electrons. The van der Waals surface area contributed by atoms with Crippen molar-refractivity contribution in [2.75, 3.05) is 11.9 Å². The van der Waals surface area contributed by atoms with Crippen LogP contribution >= 0.6 is 11.3 Å². The number of amides is 1. The maximum absolute atomic E-state index is 12.0. The van der Waals surface area contributed by atoms with E-state index in [0.29, 0.717) is 22.0 Å². The molecule has 2 aromatic rings. The molecule has 0 unspecified atom stereocenters. The van der Waals surface area contributed by atoms with Crippen LogP contribution in [0.25, 0.3) is 0 Å². The summed E-state index contributed by atoms with van der Waals surface area (Å²) >= 11 is 1.17. The zero-order valence-corrected chi connectivity index (χ0v) is 12.2. The summed E-state index contributed by atoms with van der Waals surface area (Å²) in [6, 6.07) is 1.72. The van der Waals surface area contributed by atoms with E-state index < -0.39 is 5.91 Å². The SMILES string of the molecule is CCOC(=O)c1sc(NC(=O)c2oncc2C)cc1C. The van der Waals surface area contributed by atoms with Crippen LogP contribution in [0.4, 0.5) is 5.00 Å². The molecule has 0 aromatic carbocycles. The van der Waals surface area contributed by atoms with Crippen molar-refractivity contribution in [3.05, 3.63) is 34.0 Å². The molecule has 1 N–H and O–H groups in total. The second-order valence-corrected chi connectivity index (χ2v) is 5.19. The molecule has 0 spiro atoms. The third kappa shape index (κ3) is 2.88. The summed E-state index contributed by atoms with van der Waals surface area (Å²) in [5, 5.41) is 6.80. The van der Waals surface area contributed by atoms with Crippen molar-refractivity contribution >= 4 is 28.2 Å². The number of hydrogen-bond donors (Lipinski definition) is 1. The van der Waals surface area contributed by atoms with Gasteiger partial charge in [0.2, 0.25) is 5.76 Å². The lowest BCUT2D eigenvalue weighted by molar-refractivity contribution is 0.0531. The minimum absolute atomic E-state index is 0.161. The fraction of sp³-hybridized carbons (Fsp3) is 0.308. The standard InChI is InChI=1S/C13H14N2O4S/c1-4-18-13(17)11-7(2)5-9(20-11)15-12(16)10-8(3)6-14-19-10/h5-6H,4H2,1-3H3,(H,15,16). The van der Waals surface area contributed by atoms with Crippen molar-refractivity contribution in [3.8, 4) is 0 Å². The average molecular weight is 294 g/mol. The van der Waals surface area contributed by atoms with Gasteiger partial charge in [0.05, 0.1) is 17.8 Å². The Labute approximate surface area is 119 Å². The fourth-order valence-electron chi connectivity index (χ4n) is 1.62. The Morgan fingerprint density at radius 1 is 1.40 bits per heavy atom. The lowest BCUT2D eigenvalue weighted by atomic mass is 10.2. The van der Waals surface area contributed by atoms with Crippen molar-refractivity contribution in [1.29, 1.82) is 0 Å². The fourth-order valence-corrected chi connectivity index (χ4v) is 2.58. The highest BCUT2D eigenvalue weighted by Gasteiger charge is 2.18. The Balaban J connectivity index is 2.15. The van der Waals surface area contributed by atoms with Crippen LogP contribution in [0.2, 0.25) is 0 Å². The van der Waals surface area contributed by atoms with Crippen LogP contribution in [-0.2, 0) is 4.74 Å². The minimum atomic E-state index is -0.392. The lowest BCUT2D eigenvalue weighted by Gasteiger charge is -1.99. The molecule has 0 aliphatic rings. The normalized spacial score (nSPS) is 10.3. The van der Waals surface area contributed by atoms with Gasteiger partial charge in [-0.1, -0.05) is 5.16 Å². The Hall–Kier alpha value is -2.15. The smallest absolute Gasteiger partial charge is 0.348 e. The van der Waals surface area contributed by atoms with Crippen molar-refractivity contribution < 1.29 is 18.8 Å². The van der Waals surface area contributed by atoms with Gasteiger partial charge in [-0.3, -0.25) is 4.79 Å². The number of hydrogen-bond acceptors (Lipinski definition) is 6. The monoisotopic (exact) mass is 294 g/mol. The molecule has 0 aliphatic heterocycles. The summed E-state index contributed by atoms with van der Waals surface area (Å²) in [6.45, 7) is 5.58. The molecule has 106 valence electrons. The zero-order valence-electron chi connectivity index (χ0n) is 11.4. The number of esters is 1. The van der Waals surface area contributed by atoms with Gasteiger partial charge in [0.25, 0.3) is 5.91 Å². The third-order valence-corrected chi connectivity index (χ3v) is 3.70. The van der Waals surface area contributed by atoms with Gasteiger partial charge < -0.3 is 14.6 Å². The maximum Gasteiger partial charge on any atom is 0.348 e. The molecule has 0 aliphatic carbocycles. The van der Waals surface area contributed by atoms with Gasteiger partial charge in [0, 0.05) is 5.56 Å². The Morgan fingerprint density at radius 3 is 2.75 bits per heavy atom. The molecular weight excluding hydrogens is 280 g/mol. The molecule has 0 saturated heterocycles. The first-order chi connectivity index (χ1) is 9.52. The van der Waals surface area contributed by atoms with Gasteiger partial charge >= 0.3 is 5.97 Å². The number of aromatic nitrogens is 1. The van der Waals surface area contributed by atoms with E-state index in [4.69, 9.17) is 9.26 Å². The average Bonchev–Trinajstić information content (AvgIpc) is 2.96. The van der Waals surface area contributed by atoms with Gasteiger partial charge in [-0.2, -0.15) is 0 Å². The number of rotatable bonds is 4. The number of thiophene rings is 1. The Morgan fingerprint density at radius 2 is 2.15 bits per heavy atom. The first-order valence-corrected chi connectivity index (χ1v) is 6.84. The highest BCUT2D eigenvalue weighted by atomic mass is 32.1. The zero-order chi connectivity index (χ0) is 14.7. The highest BCUT2D eigenvalue weighted by Crippen LogP contribution is 2.28. The van der Waals surface area contributed by atoms with Crippen molar-refractivity contribution in [2.24, 2.45) is 0 Å². The van der Waals surface area contributed by atoms with E-state index in [1.807, 2.05) is 0 Å². The molecule has 20 heavy (non-hydrogen) atoms. The second-order valence-electron chi connectivity index (χ2n) is 4.14. The van der Waals surface area contributed by atoms with Gasteiger partial charge in [0.1, 0.15) is 4.88 Å². The van der Waals surface area contributed by atoms with Crippen molar-refractivity contribution in [1.82, 2.24) is 5.16 Å². The summed E-state index contributed by atoms with van der Waals surface area (Å²) in [7, 11) is 0. The maximum atomic E-state index is 12.0. The van der Waals surface area contributed by atoms with E-state index in [1.165, 1.54) is 17.5 Å². The molecule has 0 saturated carbocycles. The van der Waals surface area contributed by atoms with Gasteiger partial charge in [0.15, 0.2) is 0 Å². The summed E-state index contributed by atoms with van der Waals surface area (Å²) < 4.78 is 9.82. The molecule has 0 fully saturated rings. The minimum Gasteiger partial charge on any atom is -0.462 e. The molecule has 0 bridgehead atoms. The largest absolute Gasteiger partial charge is 0.462 e. The van der Waals surface area contributed by atoms with E-state index in [0.717, 1.165) is 5.56 Å². The van der Waals surface area contributed by atoms with Crippen LogP contribution in [0.5, 0.6) is 0 Å². The summed E-state index contributed by atoms with van der Waals surface area (Å²) in [6.07, 6.45) is 1.47. The summed E-state index contributed by atoms with van der Waals surface area (Å²) in [5.74, 6) is -0.614. The Kier molecular flexibility index (Phi) is 4.19. The number of anilines is 1. The molecule has 1 amide bonds. The van der Waals surface area contributed by atoms with Gasteiger partial charge in [-0.05, 0) is 32.4 Å².